The Morgan fingerprint density at radius 1 is 1.19 bits per heavy atom. The molecule has 3 N–H and O–H groups in total. The van der Waals surface area contributed by atoms with E-state index in [4.69, 9.17) is 15.2 Å². The molecule has 110 valence electrons. The summed E-state index contributed by atoms with van der Waals surface area (Å²) in [6, 6.07) is 12.5. The lowest BCUT2D eigenvalue weighted by molar-refractivity contribution is -0.118. The molecule has 0 atom stereocenters. The predicted molar refractivity (Wildman–Crippen MR) is 82.7 cm³/mol. The summed E-state index contributed by atoms with van der Waals surface area (Å²) in [6.07, 6.45) is 0. The van der Waals surface area contributed by atoms with Crippen LogP contribution in [0.3, 0.4) is 0 Å². The number of nitrogens with two attached hydrogens (primary N) is 1. The Morgan fingerprint density at radius 3 is 2.57 bits per heavy atom. The van der Waals surface area contributed by atoms with Crippen LogP contribution in [-0.4, -0.2) is 19.6 Å². The van der Waals surface area contributed by atoms with Crippen LogP contribution in [0.4, 0.5) is 11.4 Å². The molecule has 0 saturated carbocycles. The number of ether oxygens (including phenoxy) is 2. The highest BCUT2D eigenvalue weighted by atomic mass is 16.5. The number of benzene rings is 2. The molecule has 0 spiro atoms. The number of nitrogens with one attached hydrogen (secondary N) is 1. The van der Waals surface area contributed by atoms with Crippen LogP contribution in [0.15, 0.2) is 42.5 Å². The van der Waals surface area contributed by atoms with E-state index >= 15 is 0 Å². The van der Waals surface area contributed by atoms with E-state index in [0.29, 0.717) is 17.1 Å². The smallest absolute Gasteiger partial charge is 0.262 e. The van der Waals surface area contributed by atoms with Gasteiger partial charge in [0.05, 0.1) is 12.8 Å². The highest BCUT2D eigenvalue weighted by Gasteiger charge is 2.07. The molecule has 0 heterocycles. The number of carbonyl (C=O) groups is 1. The molecule has 1 amide bonds. The first-order valence-electron chi connectivity index (χ1n) is 6.52. The topological polar surface area (TPSA) is 73.6 Å². The van der Waals surface area contributed by atoms with Crippen molar-refractivity contribution in [3.8, 4) is 11.5 Å². The highest BCUT2D eigenvalue weighted by molar-refractivity contribution is 5.92. The zero-order chi connectivity index (χ0) is 15.2. The fourth-order valence-electron chi connectivity index (χ4n) is 1.79. The average Bonchev–Trinajstić information content (AvgIpc) is 2.49. The van der Waals surface area contributed by atoms with Gasteiger partial charge in [0, 0.05) is 5.69 Å². The lowest BCUT2D eigenvalue weighted by Gasteiger charge is -2.11. The molecule has 0 aliphatic heterocycles. The third-order valence-electron chi connectivity index (χ3n) is 3.02. The third-order valence-corrected chi connectivity index (χ3v) is 3.02. The number of carbonyl (C=O) groups excluding carboxylic acids is 1. The van der Waals surface area contributed by atoms with Crippen molar-refractivity contribution < 1.29 is 14.3 Å². The van der Waals surface area contributed by atoms with Crippen molar-refractivity contribution in [2.24, 2.45) is 0 Å². The Kier molecular flexibility index (Phi) is 4.66. The second kappa shape index (κ2) is 6.65. The van der Waals surface area contributed by atoms with Gasteiger partial charge in [-0.3, -0.25) is 4.79 Å². The molecular formula is C16H18N2O3. The van der Waals surface area contributed by atoms with Crippen molar-refractivity contribution in [1.82, 2.24) is 0 Å². The summed E-state index contributed by atoms with van der Waals surface area (Å²) < 4.78 is 10.5. The molecule has 0 bridgehead atoms. The maximum absolute atomic E-state index is 11.8. The number of methoxy groups -OCH3 is 1. The number of hydrogen-bond acceptors (Lipinski definition) is 4. The summed E-state index contributed by atoms with van der Waals surface area (Å²) >= 11 is 0. The van der Waals surface area contributed by atoms with Gasteiger partial charge in [-0.05, 0) is 42.8 Å². The molecule has 0 fully saturated rings. The zero-order valence-electron chi connectivity index (χ0n) is 12.1. The Bertz CT molecular complexity index is 624. The zero-order valence-corrected chi connectivity index (χ0v) is 12.1. The van der Waals surface area contributed by atoms with Gasteiger partial charge in [0.15, 0.2) is 6.61 Å². The number of para-hydroxylation sites is 1. The van der Waals surface area contributed by atoms with Gasteiger partial charge in [-0.15, -0.1) is 0 Å². The Balaban J connectivity index is 1.91. The molecule has 0 unspecified atom stereocenters. The average molecular weight is 286 g/mol. The standard InChI is InChI=1S/C16H18N2O3/c1-11-4-3-5-14(16(11)17)21-10-15(19)18-12-6-8-13(20-2)9-7-12/h3-9H,10,17H2,1-2H3,(H,18,19). The number of anilines is 2. The number of amides is 1. The molecular weight excluding hydrogens is 268 g/mol. The van der Waals surface area contributed by atoms with Crippen LogP contribution in [-0.2, 0) is 4.79 Å². The minimum atomic E-state index is -0.249. The summed E-state index contributed by atoms with van der Waals surface area (Å²) in [6.45, 7) is 1.79. The second-order valence-electron chi connectivity index (χ2n) is 4.55. The molecule has 2 rings (SSSR count). The van der Waals surface area contributed by atoms with Crippen LogP contribution in [0, 0.1) is 6.92 Å². The van der Waals surface area contributed by atoms with E-state index in [1.165, 1.54) is 0 Å². The van der Waals surface area contributed by atoms with Crippen molar-refractivity contribution >= 4 is 17.3 Å². The number of aryl methyl sites for hydroxylation is 1. The highest BCUT2D eigenvalue weighted by Crippen LogP contribution is 2.24. The molecule has 21 heavy (non-hydrogen) atoms. The minimum absolute atomic E-state index is 0.0975. The summed E-state index contributed by atoms with van der Waals surface area (Å²) in [5.41, 5.74) is 8.03. The van der Waals surface area contributed by atoms with Gasteiger partial charge in [-0.2, -0.15) is 0 Å². The molecule has 0 saturated heterocycles. The van der Waals surface area contributed by atoms with Crippen LogP contribution in [0.5, 0.6) is 11.5 Å². The number of hydrogen-bond donors (Lipinski definition) is 2. The van der Waals surface area contributed by atoms with E-state index in [1.54, 1.807) is 37.4 Å². The molecule has 2 aromatic rings. The summed E-state index contributed by atoms with van der Waals surface area (Å²) in [5, 5.41) is 2.74. The first-order valence-corrected chi connectivity index (χ1v) is 6.52. The molecule has 0 radical (unpaired) electrons. The largest absolute Gasteiger partial charge is 0.497 e. The van der Waals surface area contributed by atoms with E-state index in [0.717, 1.165) is 11.3 Å². The van der Waals surface area contributed by atoms with Crippen molar-refractivity contribution in [3.05, 3.63) is 48.0 Å². The molecule has 0 aromatic heterocycles. The Hall–Kier alpha value is -2.69. The van der Waals surface area contributed by atoms with Crippen molar-refractivity contribution in [1.29, 1.82) is 0 Å². The van der Waals surface area contributed by atoms with E-state index < -0.39 is 0 Å². The number of rotatable bonds is 5. The number of nitrogen functional groups attached to an aromatic ring is 1. The van der Waals surface area contributed by atoms with Gasteiger partial charge in [-0.1, -0.05) is 12.1 Å². The third kappa shape index (κ3) is 3.89. The molecule has 2 aromatic carbocycles. The normalized spacial score (nSPS) is 10.0. The van der Waals surface area contributed by atoms with Crippen LogP contribution in [0.25, 0.3) is 0 Å². The fourth-order valence-corrected chi connectivity index (χ4v) is 1.79. The van der Waals surface area contributed by atoms with Crippen LogP contribution in [0.2, 0.25) is 0 Å². The van der Waals surface area contributed by atoms with E-state index in [2.05, 4.69) is 5.32 Å². The van der Waals surface area contributed by atoms with Crippen LogP contribution in [0.1, 0.15) is 5.56 Å². The van der Waals surface area contributed by atoms with Crippen molar-refractivity contribution in [3.63, 3.8) is 0 Å². The van der Waals surface area contributed by atoms with Gasteiger partial charge >= 0.3 is 0 Å². The summed E-state index contributed by atoms with van der Waals surface area (Å²) in [7, 11) is 1.59. The molecule has 5 heteroatoms. The molecule has 0 aliphatic rings. The first kappa shape index (κ1) is 14.7. The van der Waals surface area contributed by atoms with Gasteiger partial charge in [-0.25, -0.2) is 0 Å². The van der Waals surface area contributed by atoms with Gasteiger partial charge in [0.25, 0.3) is 5.91 Å². The van der Waals surface area contributed by atoms with E-state index in [1.807, 2.05) is 19.1 Å². The Labute approximate surface area is 123 Å². The van der Waals surface area contributed by atoms with Crippen molar-refractivity contribution in [2.75, 3.05) is 24.8 Å². The van der Waals surface area contributed by atoms with Gasteiger partial charge in [0.2, 0.25) is 0 Å². The predicted octanol–water partition coefficient (Wildman–Crippen LogP) is 2.60. The molecule has 5 nitrogen and oxygen atoms in total. The SMILES string of the molecule is COc1ccc(NC(=O)COc2cccc(C)c2N)cc1. The minimum Gasteiger partial charge on any atom is -0.497 e. The van der Waals surface area contributed by atoms with Crippen LogP contribution >= 0.6 is 0 Å². The van der Waals surface area contributed by atoms with Crippen LogP contribution < -0.4 is 20.5 Å². The lowest BCUT2D eigenvalue weighted by Crippen LogP contribution is -2.20. The molecule has 0 aliphatic carbocycles. The van der Waals surface area contributed by atoms with Gasteiger partial charge in [0.1, 0.15) is 11.5 Å². The maximum atomic E-state index is 11.8. The fraction of sp³-hybridized carbons (Fsp3) is 0.188. The van der Waals surface area contributed by atoms with Gasteiger partial charge < -0.3 is 20.5 Å². The van der Waals surface area contributed by atoms with Crippen molar-refractivity contribution in [2.45, 2.75) is 6.92 Å². The Morgan fingerprint density at radius 2 is 1.90 bits per heavy atom. The van der Waals surface area contributed by atoms with E-state index in [9.17, 15) is 4.79 Å². The first-order chi connectivity index (χ1) is 10.1. The monoisotopic (exact) mass is 286 g/mol. The lowest BCUT2D eigenvalue weighted by atomic mass is 10.2. The maximum Gasteiger partial charge on any atom is 0.262 e. The van der Waals surface area contributed by atoms with E-state index in [-0.39, 0.29) is 12.5 Å². The second-order valence-corrected chi connectivity index (χ2v) is 4.55. The quantitative estimate of drug-likeness (QED) is 0.829. The summed E-state index contributed by atoms with van der Waals surface area (Å²) in [4.78, 5) is 11.8. The summed E-state index contributed by atoms with van der Waals surface area (Å²) in [5.74, 6) is 0.998.